The fraction of sp³-hybridized carbons (Fsp3) is 0.222. The van der Waals surface area contributed by atoms with Gasteiger partial charge >= 0.3 is 0 Å². The van der Waals surface area contributed by atoms with E-state index in [1.165, 1.54) is 6.07 Å². The van der Waals surface area contributed by atoms with Gasteiger partial charge in [-0.25, -0.2) is 0 Å². The summed E-state index contributed by atoms with van der Waals surface area (Å²) in [5.41, 5.74) is 5.86. The van der Waals surface area contributed by atoms with Crippen LogP contribution in [-0.2, 0) is 0 Å². The number of phenolic OH excluding ortho intramolecular Hbond substituents is 2. The van der Waals surface area contributed by atoms with E-state index in [9.17, 15) is 9.90 Å². The highest BCUT2D eigenvalue weighted by molar-refractivity contribution is 6.01. The summed E-state index contributed by atoms with van der Waals surface area (Å²) in [5.74, 6) is -0.633. The summed E-state index contributed by atoms with van der Waals surface area (Å²) < 4.78 is 0. The number of ketones is 1. The molecule has 0 bridgehead atoms. The predicted molar refractivity (Wildman–Crippen MR) is 47.9 cm³/mol. The minimum Gasteiger partial charge on any atom is -0.508 e. The van der Waals surface area contributed by atoms with Gasteiger partial charge in [0.25, 0.3) is 0 Å². The third-order valence-electron chi connectivity index (χ3n) is 1.76. The number of benzene rings is 1. The van der Waals surface area contributed by atoms with Crippen molar-refractivity contribution in [3.05, 3.63) is 23.3 Å². The molecule has 0 aliphatic rings. The lowest BCUT2D eigenvalue weighted by molar-refractivity contribution is 0.0998. The first-order valence-electron chi connectivity index (χ1n) is 3.82. The second-order valence-corrected chi connectivity index (χ2v) is 2.78. The van der Waals surface area contributed by atoms with Crippen molar-refractivity contribution in [2.75, 3.05) is 6.54 Å². The van der Waals surface area contributed by atoms with E-state index in [-0.39, 0.29) is 29.4 Å². The highest BCUT2D eigenvalue weighted by Gasteiger charge is 2.13. The van der Waals surface area contributed by atoms with Crippen LogP contribution in [0.15, 0.2) is 12.1 Å². The molecule has 4 N–H and O–H groups in total. The molecule has 1 rings (SSSR count). The van der Waals surface area contributed by atoms with E-state index in [0.717, 1.165) is 6.07 Å². The van der Waals surface area contributed by atoms with E-state index in [1.54, 1.807) is 6.92 Å². The van der Waals surface area contributed by atoms with Gasteiger partial charge in [-0.1, -0.05) is 0 Å². The topological polar surface area (TPSA) is 83.5 Å². The molecule has 0 spiro atoms. The number of Topliss-reactive ketones (excluding diaryl/α,β-unsaturated/α-hetero) is 1. The summed E-state index contributed by atoms with van der Waals surface area (Å²) in [4.78, 5) is 11.2. The van der Waals surface area contributed by atoms with Crippen LogP contribution in [0, 0.1) is 6.92 Å². The second-order valence-electron chi connectivity index (χ2n) is 2.78. The second kappa shape index (κ2) is 3.45. The van der Waals surface area contributed by atoms with Gasteiger partial charge in [-0.05, 0) is 18.6 Å². The van der Waals surface area contributed by atoms with Crippen LogP contribution in [0.5, 0.6) is 11.5 Å². The van der Waals surface area contributed by atoms with Gasteiger partial charge in [-0.3, -0.25) is 4.79 Å². The molecule has 0 aliphatic heterocycles. The van der Waals surface area contributed by atoms with Gasteiger partial charge in [0.2, 0.25) is 0 Å². The Morgan fingerprint density at radius 1 is 1.46 bits per heavy atom. The van der Waals surface area contributed by atoms with E-state index in [0.29, 0.717) is 5.56 Å². The van der Waals surface area contributed by atoms with Gasteiger partial charge in [0, 0.05) is 6.07 Å². The Kier molecular flexibility index (Phi) is 2.53. The van der Waals surface area contributed by atoms with Crippen molar-refractivity contribution in [3.63, 3.8) is 0 Å². The maximum atomic E-state index is 11.2. The summed E-state index contributed by atoms with van der Waals surface area (Å²) in [7, 11) is 0. The highest BCUT2D eigenvalue weighted by atomic mass is 16.3. The van der Waals surface area contributed by atoms with Gasteiger partial charge in [-0.15, -0.1) is 0 Å². The van der Waals surface area contributed by atoms with Crippen molar-refractivity contribution in [1.29, 1.82) is 0 Å². The number of carbonyl (C=O) groups is 1. The SMILES string of the molecule is Cc1cc(O)cc(O)c1C(=O)CN. The third-order valence-corrected chi connectivity index (χ3v) is 1.76. The molecule has 13 heavy (non-hydrogen) atoms. The Labute approximate surface area is 75.6 Å². The van der Waals surface area contributed by atoms with Crippen LogP contribution >= 0.6 is 0 Å². The average molecular weight is 181 g/mol. The monoisotopic (exact) mass is 181 g/mol. The van der Waals surface area contributed by atoms with E-state index in [1.807, 2.05) is 0 Å². The number of carbonyl (C=O) groups excluding carboxylic acids is 1. The summed E-state index contributed by atoms with van der Waals surface area (Å²) in [6.45, 7) is 1.47. The lowest BCUT2D eigenvalue weighted by Crippen LogP contribution is -2.14. The smallest absolute Gasteiger partial charge is 0.180 e. The van der Waals surface area contributed by atoms with Crippen molar-refractivity contribution in [2.24, 2.45) is 5.73 Å². The summed E-state index contributed by atoms with van der Waals surface area (Å²) in [6, 6.07) is 2.53. The van der Waals surface area contributed by atoms with Gasteiger partial charge in [0.1, 0.15) is 11.5 Å². The zero-order chi connectivity index (χ0) is 10.0. The third kappa shape index (κ3) is 1.78. The summed E-state index contributed by atoms with van der Waals surface area (Å²) in [6.07, 6.45) is 0. The molecule has 0 heterocycles. The lowest BCUT2D eigenvalue weighted by Gasteiger charge is -2.06. The van der Waals surface area contributed by atoms with Gasteiger partial charge in [0.15, 0.2) is 5.78 Å². The quantitative estimate of drug-likeness (QED) is 0.582. The molecular formula is C9H11NO3. The number of aryl methyl sites for hydroxylation is 1. The normalized spacial score (nSPS) is 10.0. The van der Waals surface area contributed by atoms with Gasteiger partial charge in [0.05, 0.1) is 12.1 Å². The van der Waals surface area contributed by atoms with Crippen molar-refractivity contribution in [2.45, 2.75) is 6.92 Å². The molecule has 0 amide bonds. The number of hydrogen-bond acceptors (Lipinski definition) is 4. The number of phenols is 2. The Balaban J connectivity index is 3.28. The molecule has 0 saturated heterocycles. The zero-order valence-corrected chi connectivity index (χ0v) is 7.24. The number of aromatic hydroxyl groups is 2. The molecule has 1 aromatic carbocycles. The number of rotatable bonds is 2. The van der Waals surface area contributed by atoms with Crippen LogP contribution in [0.1, 0.15) is 15.9 Å². The Bertz CT molecular complexity index is 324. The molecule has 0 aromatic heterocycles. The molecule has 0 aliphatic carbocycles. The first-order chi connectivity index (χ1) is 6.06. The van der Waals surface area contributed by atoms with Gasteiger partial charge < -0.3 is 15.9 Å². The Morgan fingerprint density at radius 3 is 2.54 bits per heavy atom. The van der Waals surface area contributed by atoms with Crippen LogP contribution in [-0.4, -0.2) is 22.5 Å². The van der Waals surface area contributed by atoms with Crippen LogP contribution < -0.4 is 5.73 Å². The molecule has 70 valence electrons. The van der Waals surface area contributed by atoms with Crippen LogP contribution in [0.3, 0.4) is 0 Å². The molecule has 0 atom stereocenters. The number of nitrogens with two attached hydrogens (primary N) is 1. The molecule has 0 unspecified atom stereocenters. The van der Waals surface area contributed by atoms with Crippen LogP contribution in [0.4, 0.5) is 0 Å². The lowest BCUT2D eigenvalue weighted by atomic mass is 10.0. The minimum atomic E-state index is -0.338. The molecule has 4 nitrogen and oxygen atoms in total. The number of hydrogen-bond donors (Lipinski definition) is 3. The van der Waals surface area contributed by atoms with Gasteiger partial charge in [-0.2, -0.15) is 0 Å². The Hall–Kier alpha value is -1.55. The minimum absolute atomic E-state index is 0.0661. The first-order valence-corrected chi connectivity index (χ1v) is 3.82. The van der Waals surface area contributed by atoms with Crippen molar-refractivity contribution < 1.29 is 15.0 Å². The fourth-order valence-electron chi connectivity index (χ4n) is 1.21. The summed E-state index contributed by atoms with van der Waals surface area (Å²) in [5, 5.41) is 18.4. The average Bonchev–Trinajstić information content (AvgIpc) is 2.02. The van der Waals surface area contributed by atoms with E-state index < -0.39 is 0 Å². The standard InChI is InChI=1S/C9H11NO3/c1-5-2-6(11)3-7(12)9(5)8(13)4-10/h2-3,11-12H,4,10H2,1H3. The van der Waals surface area contributed by atoms with E-state index in [4.69, 9.17) is 10.8 Å². The summed E-state index contributed by atoms with van der Waals surface area (Å²) >= 11 is 0. The molecule has 0 radical (unpaired) electrons. The molecule has 4 heteroatoms. The molecule has 0 saturated carbocycles. The fourth-order valence-corrected chi connectivity index (χ4v) is 1.21. The van der Waals surface area contributed by atoms with Crippen molar-refractivity contribution in [3.8, 4) is 11.5 Å². The molecule has 0 fully saturated rings. The largest absolute Gasteiger partial charge is 0.508 e. The van der Waals surface area contributed by atoms with E-state index in [2.05, 4.69) is 0 Å². The maximum Gasteiger partial charge on any atom is 0.180 e. The first kappa shape index (κ1) is 9.54. The molecular weight excluding hydrogens is 170 g/mol. The van der Waals surface area contributed by atoms with Crippen LogP contribution in [0.25, 0.3) is 0 Å². The molecule has 1 aromatic rings. The van der Waals surface area contributed by atoms with E-state index >= 15 is 0 Å². The van der Waals surface area contributed by atoms with Crippen LogP contribution in [0.2, 0.25) is 0 Å². The van der Waals surface area contributed by atoms with Crippen molar-refractivity contribution >= 4 is 5.78 Å². The Morgan fingerprint density at radius 2 is 2.08 bits per heavy atom. The van der Waals surface area contributed by atoms with Crippen molar-refractivity contribution in [1.82, 2.24) is 0 Å². The predicted octanol–water partition coefficient (Wildman–Crippen LogP) is 0.548. The highest BCUT2D eigenvalue weighted by Crippen LogP contribution is 2.26. The maximum absolute atomic E-state index is 11.2. The zero-order valence-electron chi connectivity index (χ0n) is 7.24.